The molecular weight excluding hydrogens is 334 g/mol. The Kier molecular flexibility index (Phi) is 5.53. The van der Waals surface area contributed by atoms with Gasteiger partial charge in [0, 0.05) is 19.6 Å². The third-order valence-electron chi connectivity index (χ3n) is 4.49. The second-order valence-corrected chi connectivity index (χ2v) is 6.27. The summed E-state index contributed by atoms with van der Waals surface area (Å²) in [5.41, 5.74) is 0.476. The maximum Gasteiger partial charge on any atom is 0.253 e. The zero-order valence-electron chi connectivity index (χ0n) is 13.6. The lowest BCUT2D eigenvalue weighted by molar-refractivity contribution is 0.330. The highest BCUT2D eigenvalue weighted by Gasteiger charge is 2.25. The largest absolute Gasteiger partial charge is 0.380 e. The molecule has 2 aromatic rings. The molecule has 0 aliphatic carbocycles. The lowest BCUT2D eigenvalue weighted by atomic mass is 10.1. The van der Waals surface area contributed by atoms with Gasteiger partial charge in [-0.2, -0.15) is 22.5 Å². The quantitative estimate of drug-likeness (QED) is 0.635. The van der Waals surface area contributed by atoms with Crippen LogP contribution in [0.1, 0.15) is 12.0 Å². The summed E-state index contributed by atoms with van der Waals surface area (Å²) in [6.45, 7) is 2.82. The standard InChI is InChI=1S/C18H19F4N3/c19-14-16(15(20)18(22)24-17(14)21)23-10-13-7-9-25(11-13)8-6-12-4-2-1-3-5-12/h1-5,13H,6-11H2,(H,23,24). The highest BCUT2D eigenvalue weighted by Crippen LogP contribution is 2.24. The summed E-state index contributed by atoms with van der Waals surface area (Å²) in [6, 6.07) is 10.1. The van der Waals surface area contributed by atoms with Crippen molar-refractivity contribution in [2.45, 2.75) is 12.8 Å². The molecule has 0 amide bonds. The van der Waals surface area contributed by atoms with Gasteiger partial charge in [0.1, 0.15) is 5.69 Å². The Hall–Kier alpha value is -2.15. The zero-order chi connectivity index (χ0) is 17.8. The van der Waals surface area contributed by atoms with Gasteiger partial charge in [-0.1, -0.05) is 30.3 Å². The Balaban J connectivity index is 1.51. The number of nitrogens with zero attached hydrogens (tertiary/aromatic N) is 2. The van der Waals surface area contributed by atoms with Crippen molar-refractivity contribution < 1.29 is 17.6 Å². The Labute approximate surface area is 143 Å². The molecule has 1 aromatic carbocycles. The Morgan fingerprint density at radius 2 is 1.72 bits per heavy atom. The van der Waals surface area contributed by atoms with Crippen LogP contribution in [-0.2, 0) is 6.42 Å². The smallest absolute Gasteiger partial charge is 0.253 e. The monoisotopic (exact) mass is 353 g/mol. The summed E-state index contributed by atoms with van der Waals surface area (Å²) in [4.78, 5) is 4.82. The molecule has 1 aliphatic heterocycles. The van der Waals surface area contributed by atoms with E-state index in [0.717, 1.165) is 32.5 Å². The SMILES string of the molecule is Fc1nc(F)c(F)c(NCC2CCN(CCc3ccccc3)C2)c1F. The number of nitrogens with one attached hydrogen (secondary N) is 1. The normalized spacial score (nSPS) is 17.8. The predicted molar refractivity (Wildman–Crippen MR) is 87.3 cm³/mol. The third-order valence-corrected chi connectivity index (χ3v) is 4.49. The van der Waals surface area contributed by atoms with Crippen molar-refractivity contribution in [3.05, 3.63) is 59.4 Å². The maximum absolute atomic E-state index is 13.6. The van der Waals surface area contributed by atoms with Crippen LogP contribution in [0.3, 0.4) is 0 Å². The van der Waals surface area contributed by atoms with E-state index in [2.05, 4.69) is 27.3 Å². The molecule has 1 unspecified atom stereocenters. The molecule has 0 spiro atoms. The molecule has 7 heteroatoms. The molecule has 0 saturated carbocycles. The average molecular weight is 353 g/mol. The van der Waals surface area contributed by atoms with Gasteiger partial charge in [-0.3, -0.25) is 0 Å². The van der Waals surface area contributed by atoms with Crippen molar-refractivity contribution in [3.8, 4) is 0 Å². The molecule has 1 saturated heterocycles. The fourth-order valence-corrected chi connectivity index (χ4v) is 3.10. The lowest BCUT2D eigenvalue weighted by Gasteiger charge is -2.17. The number of hydrogen-bond donors (Lipinski definition) is 1. The Morgan fingerprint density at radius 3 is 2.40 bits per heavy atom. The summed E-state index contributed by atoms with van der Waals surface area (Å²) >= 11 is 0. The van der Waals surface area contributed by atoms with Crippen LogP contribution in [0.15, 0.2) is 30.3 Å². The molecule has 134 valence electrons. The van der Waals surface area contributed by atoms with Crippen LogP contribution in [0.5, 0.6) is 0 Å². The lowest BCUT2D eigenvalue weighted by Crippen LogP contribution is -2.25. The van der Waals surface area contributed by atoms with E-state index in [1.165, 1.54) is 5.56 Å². The van der Waals surface area contributed by atoms with E-state index in [-0.39, 0.29) is 12.5 Å². The van der Waals surface area contributed by atoms with Crippen molar-refractivity contribution in [2.75, 3.05) is 31.5 Å². The summed E-state index contributed by atoms with van der Waals surface area (Å²) in [5.74, 6) is -6.10. The molecule has 1 atom stereocenters. The number of aromatic nitrogens is 1. The second kappa shape index (κ2) is 7.82. The van der Waals surface area contributed by atoms with Crippen molar-refractivity contribution in [1.82, 2.24) is 9.88 Å². The number of likely N-dealkylation sites (tertiary alicyclic amines) is 1. The molecule has 1 N–H and O–H groups in total. The summed E-state index contributed by atoms with van der Waals surface area (Å²) in [6.07, 6.45) is 1.80. The molecule has 1 fully saturated rings. The van der Waals surface area contributed by atoms with Crippen LogP contribution in [0, 0.1) is 29.4 Å². The fourth-order valence-electron chi connectivity index (χ4n) is 3.10. The Bertz CT molecular complexity index is 698. The number of pyridine rings is 1. The van der Waals surface area contributed by atoms with Crippen molar-refractivity contribution in [1.29, 1.82) is 0 Å². The number of hydrogen-bond acceptors (Lipinski definition) is 3. The van der Waals surface area contributed by atoms with Crippen molar-refractivity contribution in [3.63, 3.8) is 0 Å². The number of halogens is 4. The molecule has 1 aromatic heterocycles. The first-order chi connectivity index (χ1) is 12.0. The molecule has 3 nitrogen and oxygen atoms in total. The van der Waals surface area contributed by atoms with Crippen LogP contribution in [0.4, 0.5) is 23.2 Å². The highest BCUT2D eigenvalue weighted by atomic mass is 19.2. The number of benzene rings is 1. The van der Waals surface area contributed by atoms with Crippen LogP contribution < -0.4 is 5.32 Å². The van der Waals surface area contributed by atoms with E-state index in [0.29, 0.717) is 0 Å². The van der Waals surface area contributed by atoms with Gasteiger partial charge >= 0.3 is 0 Å². The van der Waals surface area contributed by atoms with E-state index >= 15 is 0 Å². The first-order valence-electron chi connectivity index (χ1n) is 8.24. The average Bonchev–Trinajstić information content (AvgIpc) is 3.07. The summed E-state index contributed by atoms with van der Waals surface area (Å²) < 4.78 is 53.4. The van der Waals surface area contributed by atoms with E-state index in [9.17, 15) is 17.6 Å². The second-order valence-electron chi connectivity index (χ2n) is 6.27. The van der Waals surface area contributed by atoms with Crippen LogP contribution in [-0.4, -0.2) is 36.1 Å². The van der Waals surface area contributed by atoms with E-state index in [1.807, 2.05) is 18.2 Å². The van der Waals surface area contributed by atoms with Gasteiger partial charge < -0.3 is 10.2 Å². The van der Waals surface area contributed by atoms with E-state index in [4.69, 9.17) is 0 Å². The Morgan fingerprint density at radius 1 is 1.04 bits per heavy atom. The first-order valence-corrected chi connectivity index (χ1v) is 8.24. The molecule has 2 heterocycles. The van der Waals surface area contributed by atoms with Crippen LogP contribution >= 0.6 is 0 Å². The van der Waals surface area contributed by atoms with Crippen molar-refractivity contribution >= 4 is 5.69 Å². The molecule has 25 heavy (non-hydrogen) atoms. The van der Waals surface area contributed by atoms with Gasteiger partial charge in [0.25, 0.3) is 11.9 Å². The summed E-state index contributed by atoms with van der Waals surface area (Å²) in [5, 5.41) is 2.50. The van der Waals surface area contributed by atoms with Gasteiger partial charge in [0.15, 0.2) is 0 Å². The highest BCUT2D eigenvalue weighted by molar-refractivity contribution is 5.45. The molecular formula is C18H19F4N3. The molecule has 1 aliphatic rings. The minimum Gasteiger partial charge on any atom is -0.380 e. The number of anilines is 1. The molecule has 3 rings (SSSR count). The summed E-state index contributed by atoms with van der Waals surface area (Å²) in [7, 11) is 0. The van der Waals surface area contributed by atoms with Crippen molar-refractivity contribution in [2.24, 2.45) is 5.92 Å². The van der Waals surface area contributed by atoms with Gasteiger partial charge in [0.05, 0.1) is 0 Å². The van der Waals surface area contributed by atoms with Gasteiger partial charge in [-0.15, -0.1) is 0 Å². The zero-order valence-corrected chi connectivity index (χ0v) is 13.6. The van der Waals surface area contributed by atoms with Gasteiger partial charge in [-0.25, -0.2) is 0 Å². The van der Waals surface area contributed by atoms with E-state index in [1.54, 1.807) is 0 Å². The van der Waals surface area contributed by atoms with Crippen LogP contribution in [0.2, 0.25) is 0 Å². The molecule has 0 radical (unpaired) electrons. The third kappa shape index (κ3) is 4.28. The fraction of sp³-hybridized carbons (Fsp3) is 0.389. The minimum absolute atomic E-state index is 0.161. The number of rotatable bonds is 6. The van der Waals surface area contributed by atoms with E-state index < -0.39 is 29.2 Å². The van der Waals surface area contributed by atoms with Gasteiger partial charge in [0.2, 0.25) is 11.6 Å². The maximum atomic E-state index is 13.6. The van der Waals surface area contributed by atoms with Crippen LogP contribution in [0.25, 0.3) is 0 Å². The topological polar surface area (TPSA) is 28.2 Å². The minimum atomic E-state index is -1.64. The first kappa shape index (κ1) is 17.7. The molecule has 0 bridgehead atoms. The predicted octanol–water partition coefficient (Wildman–Crippen LogP) is 3.61. The van der Waals surface area contributed by atoms with Gasteiger partial charge in [-0.05, 0) is 30.9 Å².